The summed E-state index contributed by atoms with van der Waals surface area (Å²) < 4.78 is 35.3. The third-order valence-electron chi connectivity index (χ3n) is 6.75. The van der Waals surface area contributed by atoms with Gasteiger partial charge in [-0.3, -0.25) is 0 Å². The quantitative estimate of drug-likeness (QED) is 0.684. The molecule has 2 aliphatic rings. The summed E-state index contributed by atoms with van der Waals surface area (Å²) in [4.78, 5) is 16.6. The Labute approximate surface area is 190 Å². The Hall–Kier alpha value is -2.36. The van der Waals surface area contributed by atoms with Gasteiger partial charge in [0, 0.05) is 45.0 Å². The molecule has 0 amide bonds. The molecule has 0 unspecified atom stereocenters. The number of fused-ring (bicyclic) bond motifs is 1. The van der Waals surface area contributed by atoms with E-state index < -0.39 is 16.0 Å². The first-order chi connectivity index (χ1) is 15.2. The SMILES string of the molecule is COC(=O)c1ccc(S(=O)(=O)N[C@@H]2CCc3c(C)ccc(N4CCN(C)CC4)c3C2)n1C. The number of nitrogens with zero attached hydrogens (tertiary/aromatic N) is 3. The van der Waals surface area contributed by atoms with Crippen LogP contribution in [0.3, 0.4) is 0 Å². The predicted octanol–water partition coefficient (Wildman–Crippen LogP) is 1.71. The van der Waals surface area contributed by atoms with Gasteiger partial charge >= 0.3 is 5.97 Å². The van der Waals surface area contributed by atoms with E-state index in [9.17, 15) is 13.2 Å². The number of rotatable bonds is 5. The molecule has 32 heavy (non-hydrogen) atoms. The molecular weight excluding hydrogens is 428 g/mol. The van der Waals surface area contributed by atoms with Crippen molar-refractivity contribution in [2.24, 2.45) is 7.05 Å². The van der Waals surface area contributed by atoms with Crippen LogP contribution in [0, 0.1) is 6.92 Å². The molecule has 4 rings (SSSR count). The van der Waals surface area contributed by atoms with Gasteiger partial charge < -0.3 is 19.1 Å². The standard InChI is InChI=1S/C23H32N4O4S/c1-16-5-8-20(27-13-11-25(2)12-14-27)19-15-17(6-7-18(16)19)24-32(29,30)22-10-9-21(26(22)3)23(28)31-4/h5,8-10,17,24H,6-7,11-15H2,1-4H3/t17-/m1/s1. The summed E-state index contributed by atoms with van der Waals surface area (Å²) >= 11 is 0. The molecule has 1 atom stereocenters. The van der Waals surface area contributed by atoms with Crippen molar-refractivity contribution < 1.29 is 17.9 Å². The van der Waals surface area contributed by atoms with E-state index in [1.807, 2.05) is 0 Å². The number of piperazine rings is 1. The monoisotopic (exact) mass is 460 g/mol. The van der Waals surface area contributed by atoms with Gasteiger partial charge in [0.2, 0.25) is 0 Å². The molecule has 0 saturated carbocycles. The maximum atomic E-state index is 13.1. The molecule has 2 aromatic rings. The molecule has 1 aromatic carbocycles. The summed E-state index contributed by atoms with van der Waals surface area (Å²) in [6.45, 7) is 6.13. The second-order valence-corrected chi connectivity index (χ2v) is 10.5. The summed E-state index contributed by atoms with van der Waals surface area (Å²) in [7, 11) is 1.20. The van der Waals surface area contributed by atoms with E-state index in [-0.39, 0.29) is 16.8 Å². The number of anilines is 1. The van der Waals surface area contributed by atoms with Gasteiger partial charge in [0.15, 0.2) is 5.03 Å². The number of carbonyl (C=O) groups excluding carboxylic acids is 1. The Morgan fingerprint density at radius 2 is 1.78 bits per heavy atom. The Balaban J connectivity index is 1.57. The Morgan fingerprint density at radius 1 is 1.06 bits per heavy atom. The fourth-order valence-electron chi connectivity index (χ4n) is 4.84. The molecule has 9 heteroatoms. The van der Waals surface area contributed by atoms with Crippen LogP contribution >= 0.6 is 0 Å². The lowest BCUT2D eigenvalue weighted by Gasteiger charge is -2.37. The number of benzene rings is 1. The van der Waals surface area contributed by atoms with Crippen molar-refractivity contribution in [3.63, 3.8) is 0 Å². The number of esters is 1. The molecule has 1 saturated heterocycles. The Morgan fingerprint density at radius 3 is 2.47 bits per heavy atom. The number of aryl methyl sites for hydroxylation is 1. The van der Waals surface area contributed by atoms with Crippen LogP contribution in [0.1, 0.15) is 33.6 Å². The second kappa shape index (κ2) is 8.88. The maximum Gasteiger partial charge on any atom is 0.354 e. The van der Waals surface area contributed by atoms with E-state index in [1.54, 1.807) is 7.05 Å². The van der Waals surface area contributed by atoms with E-state index >= 15 is 0 Å². The van der Waals surface area contributed by atoms with Crippen molar-refractivity contribution in [1.29, 1.82) is 0 Å². The number of carbonyl (C=O) groups is 1. The van der Waals surface area contributed by atoms with E-state index in [2.05, 4.69) is 40.6 Å². The van der Waals surface area contributed by atoms with Crippen LogP contribution in [0.25, 0.3) is 0 Å². The molecule has 174 valence electrons. The minimum Gasteiger partial charge on any atom is -0.464 e. The first kappa shape index (κ1) is 22.8. The van der Waals surface area contributed by atoms with Gasteiger partial charge in [0.05, 0.1) is 7.11 Å². The minimum atomic E-state index is -3.78. The molecule has 1 aromatic heterocycles. The van der Waals surface area contributed by atoms with Crippen molar-refractivity contribution in [3.05, 3.63) is 46.6 Å². The van der Waals surface area contributed by atoms with Crippen molar-refractivity contribution in [2.75, 3.05) is 45.2 Å². The van der Waals surface area contributed by atoms with Crippen LogP contribution in [0.15, 0.2) is 29.3 Å². The number of aromatic nitrogens is 1. The largest absolute Gasteiger partial charge is 0.464 e. The van der Waals surface area contributed by atoms with Crippen LogP contribution in [-0.4, -0.2) is 70.2 Å². The topological polar surface area (TPSA) is 83.9 Å². The summed E-state index contributed by atoms with van der Waals surface area (Å²) in [5.74, 6) is -0.562. The normalized spacial score (nSPS) is 19.6. The molecule has 1 aliphatic heterocycles. The highest BCUT2D eigenvalue weighted by Gasteiger charge is 2.30. The molecular formula is C23H32N4O4S. The number of hydrogen-bond donors (Lipinski definition) is 1. The second-order valence-electron chi connectivity index (χ2n) is 8.82. The fourth-order valence-corrected chi connectivity index (χ4v) is 6.30. The molecule has 0 bridgehead atoms. The van der Waals surface area contributed by atoms with Crippen LogP contribution in [-0.2, 0) is 34.6 Å². The maximum absolute atomic E-state index is 13.1. The minimum absolute atomic E-state index is 0.0623. The zero-order valence-electron chi connectivity index (χ0n) is 19.2. The van der Waals surface area contributed by atoms with E-state index in [4.69, 9.17) is 4.74 Å². The lowest BCUT2D eigenvalue weighted by molar-refractivity contribution is 0.0589. The molecule has 0 spiro atoms. The summed E-state index contributed by atoms with van der Waals surface area (Å²) in [6.07, 6.45) is 2.25. The van der Waals surface area contributed by atoms with Crippen LogP contribution in [0.5, 0.6) is 0 Å². The van der Waals surface area contributed by atoms with Gasteiger partial charge in [-0.1, -0.05) is 6.07 Å². The summed E-state index contributed by atoms with van der Waals surface area (Å²) in [5.41, 5.74) is 5.31. The highest BCUT2D eigenvalue weighted by atomic mass is 32.2. The average molecular weight is 461 g/mol. The van der Waals surface area contributed by atoms with Crippen molar-refractivity contribution in [1.82, 2.24) is 14.2 Å². The number of ether oxygens (including phenoxy) is 1. The molecule has 0 radical (unpaired) electrons. The fraction of sp³-hybridized carbons (Fsp3) is 0.522. The average Bonchev–Trinajstić information content (AvgIpc) is 3.16. The number of methoxy groups -OCH3 is 1. The van der Waals surface area contributed by atoms with E-state index in [0.29, 0.717) is 6.42 Å². The van der Waals surface area contributed by atoms with Crippen molar-refractivity contribution in [3.8, 4) is 0 Å². The smallest absolute Gasteiger partial charge is 0.354 e. The summed E-state index contributed by atoms with van der Waals surface area (Å²) in [6, 6.07) is 7.11. The highest BCUT2D eigenvalue weighted by molar-refractivity contribution is 7.89. The third kappa shape index (κ3) is 4.29. The van der Waals surface area contributed by atoms with Gasteiger partial charge in [-0.25, -0.2) is 17.9 Å². The van der Waals surface area contributed by atoms with Gasteiger partial charge in [0.25, 0.3) is 10.0 Å². The number of hydrogen-bond acceptors (Lipinski definition) is 6. The Bertz CT molecular complexity index is 1120. The highest BCUT2D eigenvalue weighted by Crippen LogP contribution is 2.34. The first-order valence-electron chi connectivity index (χ1n) is 11.0. The lowest BCUT2D eigenvalue weighted by atomic mass is 9.84. The molecule has 1 N–H and O–H groups in total. The summed E-state index contributed by atoms with van der Waals surface area (Å²) in [5, 5.41) is 0.0623. The van der Waals surface area contributed by atoms with Gasteiger partial charge in [-0.05, 0) is 68.1 Å². The number of sulfonamides is 1. The molecule has 2 heterocycles. The van der Waals surface area contributed by atoms with Crippen molar-refractivity contribution in [2.45, 2.75) is 37.3 Å². The first-order valence-corrected chi connectivity index (χ1v) is 12.5. The van der Waals surface area contributed by atoms with Gasteiger partial charge in [0.1, 0.15) is 5.69 Å². The van der Waals surface area contributed by atoms with E-state index in [0.717, 1.165) is 39.0 Å². The van der Waals surface area contributed by atoms with Gasteiger partial charge in [-0.15, -0.1) is 0 Å². The molecule has 1 aliphatic carbocycles. The van der Waals surface area contributed by atoms with Gasteiger partial charge in [-0.2, -0.15) is 0 Å². The van der Waals surface area contributed by atoms with Crippen molar-refractivity contribution >= 4 is 21.7 Å². The van der Waals surface area contributed by atoms with Crippen LogP contribution in [0.4, 0.5) is 5.69 Å². The number of nitrogens with one attached hydrogen (secondary N) is 1. The zero-order valence-corrected chi connectivity index (χ0v) is 20.0. The Kier molecular flexibility index (Phi) is 6.33. The number of likely N-dealkylation sites (N-methyl/N-ethyl adjacent to an activating group) is 1. The molecule has 8 nitrogen and oxygen atoms in total. The van der Waals surface area contributed by atoms with E-state index in [1.165, 1.54) is 46.2 Å². The van der Waals surface area contributed by atoms with Crippen LogP contribution in [0.2, 0.25) is 0 Å². The van der Waals surface area contributed by atoms with Crippen LogP contribution < -0.4 is 9.62 Å². The predicted molar refractivity (Wildman–Crippen MR) is 124 cm³/mol. The molecule has 1 fully saturated rings. The zero-order chi connectivity index (χ0) is 23.0. The lowest BCUT2D eigenvalue weighted by Crippen LogP contribution is -2.45. The third-order valence-corrected chi connectivity index (χ3v) is 8.35.